The molecule has 0 spiro atoms. The van der Waals surface area contributed by atoms with Gasteiger partial charge in [-0.2, -0.15) is 0 Å². The van der Waals surface area contributed by atoms with Crippen molar-refractivity contribution in [2.45, 2.75) is 19.4 Å². The maximum Gasteiger partial charge on any atom is 0.405 e. The topological polar surface area (TPSA) is 70.8 Å². The summed E-state index contributed by atoms with van der Waals surface area (Å²) in [6.45, 7) is 2.83. The molecule has 0 aliphatic rings. The third-order valence-electron chi connectivity index (χ3n) is 2.73. The molecule has 0 saturated heterocycles. The van der Waals surface area contributed by atoms with Crippen LogP contribution in [0.4, 0.5) is 4.79 Å². The van der Waals surface area contributed by atoms with Crippen LogP contribution in [0, 0.1) is 9.49 Å². The van der Waals surface area contributed by atoms with Crippen LogP contribution in [0.2, 0.25) is 0 Å². The summed E-state index contributed by atoms with van der Waals surface area (Å²) in [6.07, 6.45) is -0.478. The van der Waals surface area contributed by atoms with Gasteiger partial charge in [-0.15, -0.1) is 0 Å². The number of hydrogen-bond donors (Lipinski definition) is 1. The number of halogens is 1. The van der Waals surface area contributed by atoms with Crippen LogP contribution in [0.1, 0.15) is 25.0 Å². The van der Waals surface area contributed by atoms with Gasteiger partial charge in [-0.3, -0.25) is 0 Å². The average molecular weight is 393 g/mol. The van der Waals surface area contributed by atoms with E-state index in [0.29, 0.717) is 13.0 Å². The van der Waals surface area contributed by atoms with Crippen molar-refractivity contribution in [1.82, 2.24) is 0 Å². The van der Waals surface area contributed by atoms with Crippen LogP contribution in [0.3, 0.4) is 0 Å². The molecule has 0 unspecified atom stereocenters. The fourth-order valence-corrected chi connectivity index (χ4v) is 2.62. The smallest absolute Gasteiger partial charge is 0.405 e. The van der Waals surface area contributed by atoms with Crippen LogP contribution in [0.25, 0.3) is 0 Å². The summed E-state index contributed by atoms with van der Waals surface area (Å²) in [6, 6.07) is 7.77. The van der Waals surface area contributed by atoms with Crippen molar-refractivity contribution in [3.8, 4) is 0 Å². The standard InChI is InChI=1S/C14H20INO4/c1-10(8-19-9-18-2)7-13(20-14(16)17)11-5-3-4-6-12(11)15/h3-6,10,13H,7-9H2,1-2H3,(H2,16,17)/t10-,13+/m1/s1. The Labute approximate surface area is 132 Å². The second-order valence-corrected chi connectivity index (χ2v) is 5.73. The lowest BCUT2D eigenvalue weighted by Crippen LogP contribution is -2.21. The van der Waals surface area contributed by atoms with E-state index in [0.717, 1.165) is 9.13 Å². The lowest BCUT2D eigenvalue weighted by Gasteiger charge is -2.22. The molecule has 6 heteroatoms. The highest BCUT2D eigenvalue weighted by molar-refractivity contribution is 14.1. The number of amides is 1. The number of hydrogen-bond acceptors (Lipinski definition) is 4. The van der Waals surface area contributed by atoms with E-state index in [1.165, 1.54) is 0 Å². The minimum Gasteiger partial charge on any atom is -0.441 e. The lowest BCUT2D eigenvalue weighted by atomic mass is 9.98. The third kappa shape index (κ3) is 6.06. The van der Waals surface area contributed by atoms with Crippen LogP contribution >= 0.6 is 22.6 Å². The van der Waals surface area contributed by atoms with Gasteiger partial charge in [-0.1, -0.05) is 25.1 Å². The fraction of sp³-hybridized carbons (Fsp3) is 0.500. The Balaban J connectivity index is 2.70. The molecule has 1 aromatic carbocycles. The number of methoxy groups -OCH3 is 1. The molecule has 1 aromatic rings. The van der Waals surface area contributed by atoms with E-state index in [1.54, 1.807) is 7.11 Å². The molecular formula is C14H20INO4. The number of carbonyl (C=O) groups excluding carboxylic acids is 1. The number of nitrogens with two attached hydrogens (primary N) is 1. The molecule has 0 heterocycles. The molecule has 0 bridgehead atoms. The number of carbonyl (C=O) groups is 1. The fourth-order valence-electron chi connectivity index (χ4n) is 1.88. The van der Waals surface area contributed by atoms with E-state index in [9.17, 15) is 4.79 Å². The predicted octanol–water partition coefficient (Wildman–Crippen LogP) is 3.07. The molecule has 0 saturated carbocycles. The Morgan fingerprint density at radius 2 is 2.10 bits per heavy atom. The first-order valence-electron chi connectivity index (χ1n) is 6.31. The highest BCUT2D eigenvalue weighted by atomic mass is 127. The summed E-state index contributed by atoms with van der Waals surface area (Å²) in [7, 11) is 1.58. The summed E-state index contributed by atoms with van der Waals surface area (Å²) in [4.78, 5) is 11.1. The molecule has 1 amide bonds. The zero-order chi connectivity index (χ0) is 15.0. The predicted molar refractivity (Wildman–Crippen MR) is 84.2 cm³/mol. The summed E-state index contributed by atoms with van der Waals surface area (Å²) in [5, 5.41) is 0. The van der Waals surface area contributed by atoms with Gasteiger partial charge in [0, 0.05) is 16.2 Å². The number of rotatable bonds is 8. The molecule has 2 N–H and O–H groups in total. The first kappa shape index (κ1) is 17.2. The van der Waals surface area contributed by atoms with Crippen molar-refractivity contribution < 1.29 is 19.0 Å². The van der Waals surface area contributed by atoms with Gasteiger partial charge < -0.3 is 19.9 Å². The van der Waals surface area contributed by atoms with Crippen LogP contribution in [0.15, 0.2) is 24.3 Å². The second-order valence-electron chi connectivity index (χ2n) is 4.57. The van der Waals surface area contributed by atoms with Crippen molar-refractivity contribution in [3.05, 3.63) is 33.4 Å². The Morgan fingerprint density at radius 3 is 2.70 bits per heavy atom. The quantitative estimate of drug-likeness (QED) is 0.419. The third-order valence-corrected chi connectivity index (χ3v) is 3.71. The first-order valence-corrected chi connectivity index (χ1v) is 7.39. The van der Waals surface area contributed by atoms with E-state index in [1.807, 2.05) is 31.2 Å². The Kier molecular flexibility index (Phi) is 7.86. The van der Waals surface area contributed by atoms with Crippen LogP contribution in [0.5, 0.6) is 0 Å². The van der Waals surface area contributed by atoms with Crippen molar-refractivity contribution >= 4 is 28.7 Å². The van der Waals surface area contributed by atoms with Gasteiger partial charge in [0.15, 0.2) is 0 Å². The van der Waals surface area contributed by atoms with Crippen LogP contribution in [-0.4, -0.2) is 26.6 Å². The Hall–Kier alpha value is -0.860. The molecule has 5 nitrogen and oxygen atoms in total. The highest BCUT2D eigenvalue weighted by Gasteiger charge is 2.20. The molecule has 1 rings (SSSR count). The number of primary amides is 1. The van der Waals surface area contributed by atoms with E-state index in [-0.39, 0.29) is 18.8 Å². The van der Waals surface area contributed by atoms with E-state index in [4.69, 9.17) is 19.9 Å². The van der Waals surface area contributed by atoms with Gasteiger partial charge in [-0.05, 0) is 41.0 Å². The second kappa shape index (κ2) is 9.15. The highest BCUT2D eigenvalue weighted by Crippen LogP contribution is 2.29. The monoisotopic (exact) mass is 393 g/mol. The van der Waals surface area contributed by atoms with Crippen molar-refractivity contribution in [2.24, 2.45) is 11.7 Å². The van der Waals surface area contributed by atoms with Crippen molar-refractivity contribution in [3.63, 3.8) is 0 Å². The molecule has 0 aliphatic carbocycles. The van der Waals surface area contributed by atoms with Gasteiger partial charge in [-0.25, -0.2) is 4.79 Å². The SMILES string of the molecule is COCOC[C@H](C)C[C@H](OC(N)=O)c1ccccc1I. The van der Waals surface area contributed by atoms with Crippen molar-refractivity contribution in [1.29, 1.82) is 0 Å². The van der Waals surface area contributed by atoms with E-state index in [2.05, 4.69) is 22.6 Å². The molecular weight excluding hydrogens is 373 g/mol. The number of ether oxygens (including phenoxy) is 3. The Bertz CT molecular complexity index is 427. The molecule has 0 aliphatic heterocycles. The number of benzene rings is 1. The largest absolute Gasteiger partial charge is 0.441 e. The van der Waals surface area contributed by atoms with Gasteiger partial charge in [0.1, 0.15) is 12.9 Å². The summed E-state index contributed by atoms with van der Waals surface area (Å²) in [5.74, 6) is 0.213. The molecule has 20 heavy (non-hydrogen) atoms. The van der Waals surface area contributed by atoms with Crippen LogP contribution < -0.4 is 5.73 Å². The maximum atomic E-state index is 11.1. The minimum atomic E-state index is -0.764. The first-order chi connectivity index (χ1) is 9.54. The normalized spacial score (nSPS) is 13.8. The zero-order valence-electron chi connectivity index (χ0n) is 11.7. The zero-order valence-corrected chi connectivity index (χ0v) is 13.8. The van der Waals surface area contributed by atoms with Crippen molar-refractivity contribution in [2.75, 3.05) is 20.5 Å². The molecule has 112 valence electrons. The maximum absolute atomic E-state index is 11.1. The minimum absolute atomic E-state index is 0.213. The van der Waals surface area contributed by atoms with Gasteiger partial charge in [0.25, 0.3) is 0 Å². The summed E-state index contributed by atoms with van der Waals surface area (Å²) >= 11 is 2.22. The van der Waals surface area contributed by atoms with Crippen LogP contribution in [-0.2, 0) is 14.2 Å². The average Bonchev–Trinajstić information content (AvgIpc) is 2.38. The lowest BCUT2D eigenvalue weighted by molar-refractivity contribution is -0.0465. The molecule has 0 fully saturated rings. The molecule has 2 atom stereocenters. The summed E-state index contributed by atoms with van der Waals surface area (Å²) in [5.41, 5.74) is 6.13. The van der Waals surface area contributed by atoms with E-state index >= 15 is 0 Å². The molecule has 0 radical (unpaired) electrons. The van der Waals surface area contributed by atoms with Gasteiger partial charge in [0.2, 0.25) is 0 Å². The summed E-state index contributed by atoms with van der Waals surface area (Å²) < 4.78 is 16.4. The molecule has 0 aromatic heterocycles. The van der Waals surface area contributed by atoms with E-state index < -0.39 is 6.09 Å². The van der Waals surface area contributed by atoms with Gasteiger partial charge in [0.05, 0.1) is 6.61 Å². The van der Waals surface area contributed by atoms with Gasteiger partial charge >= 0.3 is 6.09 Å². The Morgan fingerprint density at radius 1 is 1.40 bits per heavy atom.